The zero-order valence-electron chi connectivity index (χ0n) is 23.2. The van der Waals surface area contributed by atoms with Crippen LogP contribution in [0.25, 0.3) is 22.6 Å². The molecule has 0 radical (unpaired) electrons. The Kier molecular flexibility index (Phi) is 11.3. The average molecular weight is 629 g/mol. The molecule has 236 valence electrons. The molecule has 0 atom stereocenters. The van der Waals surface area contributed by atoms with Gasteiger partial charge in [-0.15, -0.1) is 0 Å². The van der Waals surface area contributed by atoms with Crippen molar-refractivity contribution in [1.82, 2.24) is 15.0 Å². The third-order valence-electron chi connectivity index (χ3n) is 5.59. The number of aromatic nitrogens is 3. The lowest BCUT2D eigenvalue weighted by Gasteiger charge is -2.13. The van der Waals surface area contributed by atoms with Crippen molar-refractivity contribution in [1.29, 1.82) is 0 Å². The van der Waals surface area contributed by atoms with Crippen molar-refractivity contribution in [2.75, 3.05) is 24.3 Å². The smallest absolute Gasteiger partial charge is 0.475 e. The molecule has 0 aliphatic carbocycles. The number of halogens is 6. The molecule has 11 nitrogen and oxygen atoms in total. The summed E-state index contributed by atoms with van der Waals surface area (Å²) in [4.78, 5) is 44.2. The lowest BCUT2D eigenvalue weighted by molar-refractivity contribution is -0.193. The number of H-pyrrole nitrogens is 1. The molecule has 44 heavy (non-hydrogen) atoms. The van der Waals surface area contributed by atoms with Crippen molar-refractivity contribution in [2.24, 2.45) is 5.73 Å². The van der Waals surface area contributed by atoms with E-state index in [4.69, 9.17) is 25.5 Å². The number of rotatable bonds is 6. The van der Waals surface area contributed by atoms with Gasteiger partial charge in [0.2, 0.25) is 0 Å². The first kappa shape index (κ1) is 34.8. The number of pyridine rings is 1. The topological polar surface area (TPSA) is 175 Å². The van der Waals surface area contributed by atoms with Gasteiger partial charge in [-0.3, -0.25) is 4.79 Å². The van der Waals surface area contributed by atoms with Gasteiger partial charge in [0.05, 0.1) is 11.3 Å². The van der Waals surface area contributed by atoms with Gasteiger partial charge >= 0.3 is 24.3 Å². The fraction of sp³-hybridized carbons (Fsp3) is 0.222. The summed E-state index contributed by atoms with van der Waals surface area (Å²) in [5.41, 5.74) is 11.8. The number of carboxylic acids is 2. The van der Waals surface area contributed by atoms with E-state index in [1.807, 2.05) is 61.5 Å². The Balaban J connectivity index is 0.000000402. The molecule has 0 aliphatic heterocycles. The van der Waals surface area contributed by atoms with E-state index in [0.717, 1.165) is 28.9 Å². The van der Waals surface area contributed by atoms with Crippen LogP contribution in [0.3, 0.4) is 0 Å². The number of fused-ring (bicyclic) bond motifs is 1. The van der Waals surface area contributed by atoms with Crippen molar-refractivity contribution < 1.29 is 50.9 Å². The minimum Gasteiger partial charge on any atom is -0.475 e. The second-order valence-corrected chi connectivity index (χ2v) is 8.88. The number of primary amides is 1. The van der Waals surface area contributed by atoms with E-state index >= 15 is 0 Å². The Morgan fingerprint density at radius 1 is 0.932 bits per heavy atom. The first-order valence-electron chi connectivity index (χ1n) is 12.3. The molecule has 2 aromatic carbocycles. The van der Waals surface area contributed by atoms with Crippen molar-refractivity contribution in [3.8, 4) is 11.4 Å². The van der Waals surface area contributed by atoms with Gasteiger partial charge in [0, 0.05) is 37.2 Å². The van der Waals surface area contributed by atoms with Crippen LogP contribution in [0.4, 0.5) is 43.4 Å². The lowest BCUT2D eigenvalue weighted by atomic mass is 10.1. The molecule has 0 bridgehead atoms. The number of imidazole rings is 1. The van der Waals surface area contributed by atoms with Gasteiger partial charge in [0.25, 0.3) is 5.91 Å². The molecule has 4 rings (SSSR count). The van der Waals surface area contributed by atoms with Crippen LogP contribution in [0, 0.1) is 0 Å². The number of benzene rings is 2. The van der Waals surface area contributed by atoms with Crippen LogP contribution in [0.2, 0.25) is 0 Å². The number of aromatic amines is 1. The number of carbonyl (C=O) groups excluding carboxylic acids is 1. The second-order valence-electron chi connectivity index (χ2n) is 8.88. The summed E-state index contributed by atoms with van der Waals surface area (Å²) in [6.07, 6.45) is -7.84. The molecule has 17 heteroatoms. The number of aryl methyl sites for hydroxylation is 1. The van der Waals surface area contributed by atoms with Gasteiger partial charge in [0.15, 0.2) is 5.65 Å². The number of para-hydroxylation sites is 1. The molecule has 0 aliphatic rings. The maximum Gasteiger partial charge on any atom is 0.490 e. The van der Waals surface area contributed by atoms with Crippen LogP contribution in [0.15, 0.2) is 54.7 Å². The maximum atomic E-state index is 12.1. The largest absolute Gasteiger partial charge is 0.490 e. The van der Waals surface area contributed by atoms with E-state index in [1.165, 1.54) is 6.20 Å². The van der Waals surface area contributed by atoms with Crippen LogP contribution in [0.5, 0.6) is 0 Å². The molecule has 0 spiro atoms. The van der Waals surface area contributed by atoms with Crippen LogP contribution in [-0.2, 0) is 16.0 Å². The van der Waals surface area contributed by atoms with Crippen molar-refractivity contribution in [3.63, 3.8) is 0 Å². The van der Waals surface area contributed by atoms with Gasteiger partial charge < -0.3 is 31.1 Å². The zero-order chi connectivity index (χ0) is 33.4. The first-order valence-corrected chi connectivity index (χ1v) is 12.3. The van der Waals surface area contributed by atoms with E-state index in [2.05, 4.69) is 33.3 Å². The number of anilines is 3. The number of hydrogen-bond donors (Lipinski definition) is 5. The van der Waals surface area contributed by atoms with E-state index in [-0.39, 0.29) is 0 Å². The summed E-state index contributed by atoms with van der Waals surface area (Å²) < 4.78 is 63.5. The quantitative estimate of drug-likeness (QED) is 0.176. The normalized spacial score (nSPS) is 11.0. The first-order chi connectivity index (χ1) is 20.4. The SMILES string of the molecule is CCc1ccccc1Nc1c(C(N)=O)cnc2nc(-c3ccc(N(C)C)cc3)[nH]c12.O=C(O)C(F)(F)F.O=C(O)C(F)(F)F. The van der Waals surface area contributed by atoms with Gasteiger partial charge in [0.1, 0.15) is 11.3 Å². The van der Waals surface area contributed by atoms with Crippen LogP contribution in [-0.4, -0.2) is 69.5 Å². The summed E-state index contributed by atoms with van der Waals surface area (Å²) in [5.74, 6) is -5.39. The molecule has 6 N–H and O–H groups in total. The Morgan fingerprint density at radius 3 is 1.91 bits per heavy atom. The monoisotopic (exact) mass is 628 g/mol. The summed E-state index contributed by atoms with van der Waals surface area (Å²) in [5, 5.41) is 17.6. The predicted octanol–water partition coefficient (Wildman–Crippen LogP) is 5.36. The fourth-order valence-corrected chi connectivity index (χ4v) is 3.41. The third-order valence-corrected chi connectivity index (χ3v) is 5.59. The Labute approximate surface area is 245 Å². The number of nitrogens with two attached hydrogens (primary N) is 1. The zero-order valence-corrected chi connectivity index (χ0v) is 23.2. The number of nitrogens with one attached hydrogen (secondary N) is 2. The van der Waals surface area contributed by atoms with Crippen molar-refractivity contribution in [2.45, 2.75) is 25.7 Å². The van der Waals surface area contributed by atoms with E-state index < -0.39 is 30.2 Å². The molecular weight excluding hydrogens is 602 g/mol. The van der Waals surface area contributed by atoms with E-state index in [1.54, 1.807) is 0 Å². The average Bonchev–Trinajstić information content (AvgIpc) is 3.38. The molecule has 2 heterocycles. The van der Waals surface area contributed by atoms with Gasteiger partial charge in [-0.25, -0.2) is 19.6 Å². The summed E-state index contributed by atoms with van der Waals surface area (Å²) >= 11 is 0. The Hall–Kier alpha value is -5.35. The number of amides is 1. The van der Waals surface area contributed by atoms with Crippen LogP contribution < -0.4 is 16.0 Å². The highest BCUT2D eigenvalue weighted by Gasteiger charge is 2.38. The van der Waals surface area contributed by atoms with E-state index in [0.29, 0.717) is 28.2 Å². The molecular formula is C27H26F6N6O5. The molecule has 0 fully saturated rings. The van der Waals surface area contributed by atoms with Gasteiger partial charge in [-0.1, -0.05) is 25.1 Å². The summed E-state index contributed by atoms with van der Waals surface area (Å²) in [7, 11) is 4.00. The Morgan fingerprint density at radius 2 is 1.45 bits per heavy atom. The van der Waals surface area contributed by atoms with Gasteiger partial charge in [-0.2, -0.15) is 26.3 Å². The fourth-order valence-electron chi connectivity index (χ4n) is 3.41. The van der Waals surface area contributed by atoms with Crippen molar-refractivity contribution >= 4 is 46.1 Å². The minimum absolute atomic E-state index is 0.312. The predicted molar refractivity (Wildman–Crippen MR) is 149 cm³/mol. The highest BCUT2D eigenvalue weighted by Crippen LogP contribution is 2.31. The van der Waals surface area contributed by atoms with Crippen LogP contribution in [0.1, 0.15) is 22.8 Å². The molecule has 4 aromatic rings. The molecule has 0 saturated carbocycles. The maximum absolute atomic E-state index is 12.1. The number of carboxylic acid groups (broad SMARTS) is 2. The van der Waals surface area contributed by atoms with Gasteiger partial charge in [-0.05, 0) is 42.3 Å². The highest BCUT2D eigenvalue weighted by atomic mass is 19.4. The Bertz CT molecular complexity index is 1590. The summed E-state index contributed by atoms with van der Waals surface area (Å²) in [6, 6.07) is 16.0. The lowest BCUT2D eigenvalue weighted by Crippen LogP contribution is -2.21. The molecule has 2 aromatic heterocycles. The van der Waals surface area contributed by atoms with Crippen LogP contribution >= 0.6 is 0 Å². The van der Waals surface area contributed by atoms with E-state index in [9.17, 15) is 31.1 Å². The number of aliphatic carboxylic acids is 2. The number of alkyl halides is 6. The number of carbonyl (C=O) groups is 3. The molecule has 1 amide bonds. The standard InChI is InChI=1S/C23H24N6O.2C2HF3O2/c1-4-14-7-5-6-8-18(14)26-19-17(21(24)30)13-25-23-20(19)27-22(28-23)15-9-11-16(12-10-15)29(2)3;2*3-2(4,5)1(6)7/h5-13H,4H2,1-3H3,(H2,24,30)(H2,25,26,27,28);2*(H,6,7). The minimum atomic E-state index is -5.08. The van der Waals surface area contributed by atoms with Crippen molar-refractivity contribution in [3.05, 3.63) is 65.9 Å². The number of nitrogens with zero attached hydrogens (tertiary/aromatic N) is 3. The second kappa shape index (κ2) is 14.2. The third kappa shape index (κ3) is 9.33. The highest BCUT2D eigenvalue weighted by molar-refractivity contribution is 6.06. The molecule has 0 unspecified atom stereocenters. The molecule has 0 saturated heterocycles. The number of hydrogen-bond acceptors (Lipinski definition) is 7. The summed E-state index contributed by atoms with van der Waals surface area (Å²) in [6.45, 7) is 2.09.